The van der Waals surface area contributed by atoms with Crippen molar-refractivity contribution in [2.75, 3.05) is 12.4 Å². The molecule has 0 aliphatic carbocycles. The Balaban J connectivity index is 1.83. The van der Waals surface area contributed by atoms with Gasteiger partial charge in [0.05, 0.1) is 23.4 Å². The average molecular weight is 380 g/mol. The first-order chi connectivity index (χ1) is 13.5. The maximum Gasteiger partial charge on any atom is 0.271 e. The molecule has 0 spiro atoms. The van der Waals surface area contributed by atoms with Gasteiger partial charge in [0.25, 0.3) is 11.2 Å². The van der Waals surface area contributed by atoms with Crippen LogP contribution in [0, 0.1) is 10.1 Å². The first-order valence-electron chi connectivity index (χ1n) is 8.24. The van der Waals surface area contributed by atoms with Gasteiger partial charge in [0.1, 0.15) is 12.3 Å². The molecule has 28 heavy (non-hydrogen) atoms. The van der Waals surface area contributed by atoms with Gasteiger partial charge in [0, 0.05) is 23.8 Å². The lowest BCUT2D eigenvalue weighted by Crippen LogP contribution is -2.29. The normalized spacial score (nSPS) is 10.3. The Hall–Kier alpha value is -4.01. The number of hydrogen-bond acceptors (Lipinski definition) is 6. The number of carbonyl (C=O) groups is 1. The summed E-state index contributed by atoms with van der Waals surface area (Å²) < 4.78 is 6.14. The summed E-state index contributed by atoms with van der Waals surface area (Å²) in [6, 6.07) is 16.0. The van der Waals surface area contributed by atoms with Gasteiger partial charge in [-0.05, 0) is 12.1 Å². The second kappa shape index (κ2) is 8.12. The fraction of sp³-hybridized carbons (Fsp3) is 0.105. The quantitative estimate of drug-likeness (QED) is 0.519. The minimum absolute atomic E-state index is 0.133. The van der Waals surface area contributed by atoms with E-state index in [1.54, 1.807) is 6.07 Å². The van der Waals surface area contributed by atoms with E-state index in [-0.39, 0.29) is 23.7 Å². The van der Waals surface area contributed by atoms with Gasteiger partial charge in [0.2, 0.25) is 5.91 Å². The van der Waals surface area contributed by atoms with Gasteiger partial charge in [-0.2, -0.15) is 5.10 Å². The Morgan fingerprint density at radius 3 is 2.61 bits per heavy atom. The van der Waals surface area contributed by atoms with Crippen LogP contribution in [0.1, 0.15) is 0 Å². The largest absolute Gasteiger partial charge is 0.495 e. The van der Waals surface area contributed by atoms with Crippen molar-refractivity contribution in [1.29, 1.82) is 0 Å². The number of rotatable bonds is 6. The third-order valence-electron chi connectivity index (χ3n) is 3.90. The molecule has 9 heteroatoms. The van der Waals surface area contributed by atoms with E-state index in [1.807, 2.05) is 30.3 Å². The molecule has 0 unspecified atom stereocenters. The summed E-state index contributed by atoms with van der Waals surface area (Å²) in [4.78, 5) is 34.8. The van der Waals surface area contributed by atoms with Crippen LogP contribution in [-0.2, 0) is 11.3 Å². The molecule has 1 aromatic heterocycles. The number of ether oxygens (including phenoxy) is 1. The molecule has 0 saturated heterocycles. The van der Waals surface area contributed by atoms with Crippen LogP contribution in [0.15, 0.2) is 65.5 Å². The molecular weight excluding hydrogens is 364 g/mol. The average Bonchev–Trinajstić information content (AvgIpc) is 2.70. The maximum atomic E-state index is 12.4. The van der Waals surface area contributed by atoms with Gasteiger partial charge >= 0.3 is 0 Å². The molecule has 1 amide bonds. The van der Waals surface area contributed by atoms with Crippen LogP contribution in [0.25, 0.3) is 11.3 Å². The fourth-order valence-corrected chi connectivity index (χ4v) is 2.56. The molecule has 9 nitrogen and oxygen atoms in total. The van der Waals surface area contributed by atoms with E-state index in [1.165, 1.54) is 31.4 Å². The molecule has 0 aliphatic heterocycles. The lowest BCUT2D eigenvalue weighted by molar-refractivity contribution is -0.384. The summed E-state index contributed by atoms with van der Waals surface area (Å²) in [5.74, 6) is -0.309. The number of hydrogen-bond donors (Lipinski definition) is 1. The number of benzene rings is 2. The van der Waals surface area contributed by atoms with E-state index < -0.39 is 16.4 Å². The van der Waals surface area contributed by atoms with Crippen molar-refractivity contribution < 1.29 is 14.5 Å². The predicted molar refractivity (Wildman–Crippen MR) is 102 cm³/mol. The van der Waals surface area contributed by atoms with Crippen LogP contribution in [0.3, 0.4) is 0 Å². The number of anilines is 1. The monoisotopic (exact) mass is 380 g/mol. The molecule has 0 fully saturated rings. The summed E-state index contributed by atoms with van der Waals surface area (Å²) in [6.45, 7) is -0.356. The number of non-ortho nitro benzene ring substituents is 1. The number of nitrogens with one attached hydrogen (secondary N) is 1. The lowest BCUT2D eigenvalue weighted by Gasteiger charge is -2.11. The molecule has 0 saturated carbocycles. The maximum absolute atomic E-state index is 12.4. The zero-order valence-corrected chi connectivity index (χ0v) is 14.9. The minimum atomic E-state index is -0.579. The Labute approximate surface area is 159 Å². The highest BCUT2D eigenvalue weighted by molar-refractivity contribution is 5.92. The van der Waals surface area contributed by atoms with Gasteiger partial charge in [-0.25, -0.2) is 4.68 Å². The van der Waals surface area contributed by atoms with Gasteiger partial charge in [-0.1, -0.05) is 30.3 Å². The van der Waals surface area contributed by atoms with Gasteiger partial charge < -0.3 is 10.1 Å². The van der Waals surface area contributed by atoms with Gasteiger partial charge in [-0.15, -0.1) is 0 Å². The van der Waals surface area contributed by atoms with Gasteiger partial charge in [-0.3, -0.25) is 19.7 Å². The molecule has 1 N–H and O–H groups in total. The molecule has 0 radical (unpaired) electrons. The summed E-state index contributed by atoms with van der Waals surface area (Å²) in [7, 11) is 1.38. The number of aromatic nitrogens is 2. The van der Waals surface area contributed by atoms with Crippen molar-refractivity contribution in [1.82, 2.24) is 9.78 Å². The minimum Gasteiger partial charge on any atom is -0.495 e. The van der Waals surface area contributed by atoms with Crippen molar-refractivity contribution in [3.05, 3.63) is 81.1 Å². The number of nitro benzene ring substituents is 1. The van der Waals surface area contributed by atoms with Crippen molar-refractivity contribution in [3.8, 4) is 17.0 Å². The van der Waals surface area contributed by atoms with Crippen molar-refractivity contribution >= 4 is 17.3 Å². The van der Waals surface area contributed by atoms with Crippen molar-refractivity contribution in [3.63, 3.8) is 0 Å². The summed E-state index contributed by atoms with van der Waals surface area (Å²) in [5.41, 5.74) is 0.838. The molecule has 0 bridgehead atoms. The third kappa shape index (κ3) is 4.21. The topological polar surface area (TPSA) is 116 Å². The zero-order chi connectivity index (χ0) is 20.1. The molecular formula is C19H16N4O5. The fourth-order valence-electron chi connectivity index (χ4n) is 2.56. The number of nitrogens with zero attached hydrogens (tertiary/aromatic N) is 3. The zero-order valence-electron chi connectivity index (χ0n) is 14.9. The first kappa shape index (κ1) is 18.8. The second-order valence-electron chi connectivity index (χ2n) is 5.77. The van der Waals surface area contributed by atoms with Crippen LogP contribution in [0.2, 0.25) is 0 Å². The SMILES string of the molecule is COc1ccc([N+](=O)[O-])cc1NC(=O)Cn1nc(-c2ccccc2)ccc1=O. The van der Waals surface area contributed by atoms with Crippen LogP contribution in [0.4, 0.5) is 11.4 Å². The smallest absolute Gasteiger partial charge is 0.271 e. The summed E-state index contributed by atoms with van der Waals surface area (Å²) >= 11 is 0. The van der Waals surface area contributed by atoms with Crippen LogP contribution < -0.4 is 15.6 Å². The van der Waals surface area contributed by atoms with Crippen LogP contribution >= 0.6 is 0 Å². The highest BCUT2D eigenvalue weighted by Gasteiger charge is 2.15. The summed E-state index contributed by atoms with van der Waals surface area (Å²) in [5, 5.41) is 17.7. The Kier molecular flexibility index (Phi) is 5.45. The highest BCUT2D eigenvalue weighted by atomic mass is 16.6. The molecule has 1 heterocycles. The molecule has 3 aromatic rings. The van der Waals surface area contributed by atoms with E-state index in [2.05, 4.69) is 10.4 Å². The summed E-state index contributed by atoms with van der Waals surface area (Å²) in [6.07, 6.45) is 0. The second-order valence-corrected chi connectivity index (χ2v) is 5.77. The van der Waals surface area contributed by atoms with E-state index in [0.717, 1.165) is 10.2 Å². The van der Waals surface area contributed by atoms with E-state index in [0.29, 0.717) is 5.69 Å². The molecule has 0 atom stereocenters. The Bertz CT molecular complexity index is 1080. The Morgan fingerprint density at radius 1 is 1.18 bits per heavy atom. The molecule has 2 aromatic carbocycles. The van der Waals surface area contributed by atoms with E-state index >= 15 is 0 Å². The number of methoxy groups -OCH3 is 1. The third-order valence-corrected chi connectivity index (χ3v) is 3.90. The van der Waals surface area contributed by atoms with E-state index in [9.17, 15) is 19.7 Å². The lowest BCUT2D eigenvalue weighted by atomic mass is 10.1. The van der Waals surface area contributed by atoms with Gasteiger partial charge in [0.15, 0.2) is 0 Å². The van der Waals surface area contributed by atoms with Crippen LogP contribution in [-0.4, -0.2) is 27.7 Å². The highest BCUT2D eigenvalue weighted by Crippen LogP contribution is 2.28. The standard InChI is InChI=1S/C19H16N4O5/c1-28-17-9-7-14(23(26)27)11-16(17)20-18(24)12-22-19(25)10-8-15(21-22)13-5-3-2-4-6-13/h2-11H,12H2,1H3,(H,20,24). The van der Waals surface area contributed by atoms with Crippen molar-refractivity contribution in [2.24, 2.45) is 0 Å². The van der Waals surface area contributed by atoms with E-state index in [4.69, 9.17) is 4.74 Å². The Morgan fingerprint density at radius 2 is 1.93 bits per heavy atom. The number of carbonyl (C=O) groups excluding carboxylic acids is 1. The van der Waals surface area contributed by atoms with Crippen LogP contribution in [0.5, 0.6) is 5.75 Å². The number of nitro groups is 1. The van der Waals surface area contributed by atoms with Crippen molar-refractivity contribution in [2.45, 2.75) is 6.54 Å². The molecule has 0 aliphatic rings. The first-order valence-corrected chi connectivity index (χ1v) is 8.24. The number of amides is 1. The predicted octanol–water partition coefficient (Wildman–Crippen LogP) is 2.47. The molecule has 3 rings (SSSR count). The molecule has 142 valence electrons.